The van der Waals surface area contributed by atoms with Crippen molar-refractivity contribution in [2.24, 2.45) is 0 Å². The van der Waals surface area contributed by atoms with E-state index >= 15 is 0 Å². The van der Waals surface area contributed by atoms with Crippen LogP contribution in [0.2, 0.25) is 0 Å². The molecule has 0 aromatic carbocycles. The van der Waals surface area contributed by atoms with Crippen LogP contribution in [0.25, 0.3) is 0 Å². The molecule has 1 rings (SSSR count). The van der Waals surface area contributed by atoms with Gasteiger partial charge >= 0.3 is 5.97 Å². The van der Waals surface area contributed by atoms with Crippen molar-refractivity contribution in [3.8, 4) is 0 Å². The third-order valence-corrected chi connectivity index (χ3v) is 1.80. The van der Waals surface area contributed by atoms with Crippen molar-refractivity contribution in [1.82, 2.24) is 5.32 Å². The second kappa shape index (κ2) is 5.38. The Labute approximate surface area is 72.9 Å². The molecule has 4 heteroatoms. The second-order valence-electron chi connectivity index (χ2n) is 2.53. The number of halogens is 1. The van der Waals surface area contributed by atoms with Crippen LogP contribution in [0, 0.1) is 0 Å². The highest BCUT2D eigenvalue weighted by molar-refractivity contribution is 5.85. The summed E-state index contributed by atoms with van der Waals surface area (Å²) in [5, 5.41) is 3.10. The quantitative estimate of drug-likeness (QED) is 0.603. The highest BCUT2D eigenvalue weighted by atomic mass is 35.5. The summed E-state index contributed by atoms with van der Waals surface area (Å²) < 4.78 is 4.59. The van der Waals surface area contributed by atoms with E-state index in [9.17, 15) is 4.79 Å². The number of piperidine rings is 1. The maximum absolute atomic E-state index is 10.9. The van der Waals surface area contributed by atoms with Crippen LogP contribution >= 0.6 is 12.4 Å². The first-order chi connectivity index (χ1) is 4.84. The molecule has 1 aliphatic rings. The minimum Gasteiger partial charge on any atom is -0.468 e. The third-order valence-electron chi connectivity index (χ3n) is 1.80. The fourth-order valence-electron chi connectivity index (χ4n) is 1.20. The molecule has 0 saturated carbocycles. The molecule has 1 heterocycles. The van der Waals surface area contributed by atoms with Gasteiger partial charge in [-0.1, -0.05) is 6.42 Å². The Hall–Kier alpha value is -0.280. The van der Waals surface area contributed by atoms with E-state index in [4.69, 9.17) is 0 Å². The van der Waals surface area contributed by atoms with E-state index < -0.39 is 0 Å². The van der Waals surface area contributed by atoms with Gasteiger partial charge in [-0.15, -0.1) is 12.4 Å². The normalized spacial score (nSPS) is 23.5. The molecule has 0 amide bonds. The van der Waals surface area contributed by atoms with Gasteiger partial charge in [0.25, 0.3) is 0 Å². The number of hydrogen-bond donors (Lipinski definition) is 1. The molecule has 1 N–H and O–H groups in total. The molecule has 0 radical (unpaired) electrons. The van der Waals surface area contributed by atoms with Crippen molar-refractivity contribution in [1.29, 1.82) is 0 Å². The van der Waals surface area contributed by atoms with Crippen LogP contribution in [0.1, 0.15) is 19.3 Å². The predicted octanol–water partition coefficient (Wildman–Crippen LogP) is 0.723. The van der Waals surface area contributed by atoms with Crippen molar-refractivity contribution < 1.29 is 9.53 Å². The SMILES string of the molecule is COC(=O)[C@H]1CCCCN1.Cl. The summed E-state index contributed by atoms with van der Waals surface area (Å²) in [5.41, 5.74) is 0. The first-order valence-corrected chi connectivity index (χ1v) is 3.66. The average molecular weight is 180 g/mol. The molecule has 1 fully saturated rings. The lowest BCUT2D eigenvalue weighted by Gasteiger charge is -2.20. The number of hydrogen-bond acceptors (Lipinski definition) is 3. The summed E-state index contributed by atoms with van der Waals surface area (Å²) >= 11 is 0. The summed E-state index contributed by atoms with van der Waals surface area (Å²) in [6, 6.07) is -0.0428. The van der Waals surface area contributed by atoms with Crippen molar-refractivity contribution in [2.75, 3.05) is 13.7 Å². The summed E-state index contributed by atoms with van der Waals surface area (Å²) in [5.74, 6) is -0.125. The van der Waals surface area contributed by atoms with Gasteiger partial charge in [0.1, 0.15) is 6.04 Å². The Morgan fingerprint density at radius 3 is 2.73 bits per heavy atom. The molecular weight excluding hydrogens is 166 g/mol. The van der Waals surface area contributed by atoms with Crippen molar-refractivity contribution in [3.63, 3.8) is 0 Å². The van der Waals surface area contributed by atoms with Crippen molar-refractivity contribution in [2.45, 2.75) is 25.3 Å². The summed E-state index contributed by atoms with van der Waals surface area (Å²) in [7, 11) is 1.43. The van der Waals surface area contributed by atoms with E-state index in [1.807, 2.05) is 0 Å². The van der Waals surface area contributed by atoms with E-state index in [2.05, 4.69) is 10.1 Å². The molecule has 0 aromatic rings. The average Bonchev–Trinajstić information content (AvgIpc) is 2.05. The van der Waals surface area contributed by atoms with E-state index in [1.165, 1.54) is 13.5 Å². The first kappa shape index (κ1) is 10.7. The van der Waals surface area contributed by atoms with E-state index in [0.717, 1.165) is 19.4 Å². The summed E-state index contributed by atoms with van der Waals surface area (Å²) in [4.78, 5) is 10.9. The van der Waals surface area contributed by atoms with Gasteiger partial charge in [-0.2, -0.15) is 0 Å². The molecule has 1 atom stereocenters. The van der Waals surface area contributed by atoms with Gasteiger partial charge in [0, 0.05) is 0 Å². The lowest BCUT2D eigenvalue weighted by atomic mass is 10.1. The molecule has 0 spiro atoms. The van der Waals surface area contributed by atoms with Crippen LogP contribution in [0.15, 0.2) is 0 Å². The van der Waals surface area contributed by atoms with Gasteiger partial charge in [-0.3, -0.25) is 4.79 Å². The molecule has 0 aromatic heterocycles. The maximum Gasteiger partial charge on any atom is 0.322 e. The number of esters is 1. The number of carbonyl (C=O) groups excluding carboxylic acids is 1. The lowest BCUT2D eigenvalue weighted by molar-refractivity contribution is -0.143. The van der Waals surface area contributed by atoms with E-state index in [-0.39, 0.29) is 24.4 Å². The molecule has 1 aliphatic heterocycles. The van der Waals surface area contributed by atoms with Gasteiger partial charge in [0.15, 0.2) is 0 Å². The zero-order valence-electron chi connectivity index (χ0n) is 6.63. The van der Waals surface area contributed by atoms with E-state index in [1.54, 1.807) is 0 Å². The van der Waals surface area contributed by atoms with Crippen LogP contribution in [0.5, 0.6) is 0 Å². The Balaban J connectivity index is 0.000001000. The van der Waals surface area contributed by atoms with Gasteiger partial charge in [-0.05, 0) is 19.4 Å². The first-order valence-electron chi connectivity index (χ1n) is 3.66. The minimum absolute atomic E-state index is 0. The van der Waals surface area contributed by atoms with Crippen molar-refractivity contribution >= 4 is 18.4 Å². The standard InChI is InChI=1S/C7H13NO2.ClH/c1-10-7(9)6-4-2-3-5-8-6;/h6,8H,2-5H2,1H3;1H/t6-;/m1./s1. The van der Waals surface area contributed by atoms with Crippen molar-refractivity contribution in [3.05, 3.63) is 0 Å². The number of ether oxygens (including phenoxy) is 1. The summed E-state index contributed by atoms with van der Waals surface area (Å²) in [6.07, 6.45) is 3.23. The molecule has 0 unspecified atom stereocenters. The van der Waals surface area contributed by atoms with E-state index in [0.29, 0.717) is 0 Å². The topological polar surface area (TPSA) is 38.3 Å². The molecule has 1 saturated heterocycles. The lowest BCUT2D eigenvalue weighted by Crippen LogP contribution is -2.40. The Bertz CT molecular complexity index is 124. The molecule has 66 valence electrons. The zero-order valence-corrected chi connectivity index (χ0v) is 7.45. The zero-order chi connectivity index (χ0) is 7.40. The van der Waals surface area contributed by atoms with Gasteiger partial charge in [-0.25, -0.2) is 0 Å². The largest absolute Gasteiger partial charge is 0.468 e. The molecule has 0 aliphatic carbocycles. The Kier molecular flexibility index (Phi) is 5.24. The number of carbonyl (C=O) groups is 1. The number of rotatable bonds is 1. The number of methoxy groups -OCH3 is 1. The molecule has 3 nitrogen and oxygen atoms in total. The predicted molar refractivity (Wildman–Crippen MR) is 44.9 cm³/mol. The van der Waals surface area contributed by atoms with Crippen LogP contribution in [-0.2, 0) is 9.53 Å². The fraction of sp³-hybridized carbons (Fsp3) is 0.857. The summed E-state index contributed by atoms with van der Waals surface area (Å²) in [6.45, 7) is 0.944. The van der Waals surface area contributed by atoms with Crippen LogP contribution in [-0.4, -0.2) is 25.7 Å². The maximum atomic E-state index is 10.9. The Morgan fingerprint density at radius 2 is 2.27 bits per heavy atom. The third kappa shape index (κ3) is 3.08. The van der Waals surface area contributed by atoms with Gasteiger partial charge in [0.05, 0.1) is 7.11 Å². The molecule has 0 bridgehead atoms. The van der Waals surface area contributed by atoms with Gasteiger partial charge in [0.2, 0.25) is 0 Å². The number of nitrogens with one attached hydrogen (secondary N) is 1. The molecule has 11 heavy (non-hydrogen) atoms. The fourth-order valence-corrected chi connectivity index (χ4v) is 1.20. The van der Waals surface area contributed by atoms with Gasteiger partial charge < -0.3 is 10.1 Å². The van der Waals surface area contributed by atoms with Crippen LogP contribution in [0.3, 0.4) is 0 Å². The highest BCUT2D eigenvalue weighted by Gasteiger charge is 2.20. The van der Waals surface area contributed by atoms with Crippen LogP contribution < -0.4 is 5.32 Å². The van der Waals surface area contributed by atoms with Crippen LogP contribution in [0.4, 0.5) is 0 Å². The minimum atomic E-state index is -0.125. The second-order valence-corrected chi connectivity index (χ2v) is 2.53. The molecular formula is C7H14ClNO2. The highest BCUT2D eigenvalue weighted by Crippen LogP contribution is 2.07. The smallest absolute Gasteiger partial charge is 0.322 e. The Morgan fingerprint density at radius 1 is 1.55 bits per heavy atom. The monoisotopic (exact) mass is 179 g/mol.